The Morgan fingerprint density at radius 3 is 2.47 bits per heavy atom. The number of hydrogen-bond donors (Lipinski definition) is 1. The third-order valence-corrected chi connectivity index (χ3v) is 2.57. The first-order valence-corrected chi connectivity index (χ1v) is 6.24. The lowest BCUT2D eigenvalue weighted by molar-refractivity contribution is 0.304. The maximum absolute atomic E-state index is 8.44. The van der Waals surface area contributed by atoms with E-state index in [0.29, 0.717) is 0 Å². The Bertz CT molecular complexity index is 340. The van der Waals surface area contributed by atoms with E-state index in [1.54, 1.807) is 0 Å². The van der Waals surface area contributed by atoms with Crippen LogP contribution >= 0.6 is 0 Å². The molecule has 0 aromatic heterocycles. The highest BCUT2D eigenvalue weighted by Crippen LogP contribution is 2.15. The predicted molar refractivity (Wildman–Crippen MR) is 69.9 cm³/mol. The SMILES string of the molecule is CCCCCCCOc1ccc(NC#N)cc1. The molecule has 0 radical (unpaired) electrons. The molecule has 0 saturated heterocycles. The second-order valence-corrected chi connectivity index (χ2v) is 4.02. The van der Waals surface area contributed by atoms with Crippen LogP contribution in [-0.4, -0.2) is 6.61 Å². The second-order valence-electron chi connectivity index (χ2n) is 4.02. The largest absolute Gasteiger partial charge is 0.494 e. The summed E-state index contributed by atoms with van der Waals surface area (Å²) in [6, 6.07) is 7.45. The smallest absolute Gasteiger partial charge is 0.181 e. The molecule has 0 saturated carbocycles. The van der Waals surface area contributed by atoms with Gasteiger partial charge in [0.05, 0.1) is 6.61 Å². The Kier molecular flexibility index (Phi) is 6.66. The summed E-state index contributed by atoms with van der Waals surface area (Å²) in [5.74, 6) is 0.865. The molecule has 0 aliphatic heterocycles. The van der Waals surface area contributed by atoms with E-state index in [4.69, 9.17) is 10.00 Å². The van der Waals surface area contributed by atoms with Gasteiger partial charge < -0.3 is 4.74 Å². The minimum atomic E-state index is 0.773. The zero-order valence-electron chi connectivity index (χ0n) is 10.4. The van der Waals surface area contributed by atoms with Crippen molar-refractivity contribution in [1.82, 2.24) is 0 Å². The number of anilines is 1. The van der Waals surface area contributed by atoms with Gasteiger partial charge in [-0.05, 0) is 30.7 Å². The molecule has 0 heterocycles. The van der Waals surface area contributed by atoms with Gasteiger partial charge in [-0.1, -0.05) is 32.6 Å². The first-order chi connectivity index (χ1) is 8.36. The molecule has 3 heteroatoms. The average Bonchev–Trinajstić information content (AvgIpc) is 2.36. The number of benzene rings is 1. The van der Waals surface area contributed by atoms with Gasteiger partial charge in [0.1, 0.15) is 5.75 Å². The standard InChI is InChI=1S/C14H20N2O/c1-2-3-4-5-6-11-17-14-9-7-13(8-10-14)16-12-15/h7-10,16H,2-6,11H2,1H3. The fourth-order valence-corrected chi connectivity index (χ4v) is 1.59. The van der Waals surface area contributed by atoms with Crippen LogP contribution in [0, 0.1) is 11.5 Å². The Hall–Kier alpha value is -1.69. The van der Waals surface area contributed by atoms with Gasteiger partial charge in [0.25, 0.3) is 0 Å². The van der Waals surface area contributed by atoms with Crippen LogP contribution in [0.2, 0.25) is 0 Å². The highest BCUT2D eigenvalue weighted by molar-refractivity contribution is 5.48. The van der Waals surface area contributed by atoms with Crippen molar-refractivity contribution < 1.29 is 4.74 Å². The van der Waals surface area contributed by atoms with Crippen LogP contribution in [0.4, 0.5) is 5.69 Å². The average molecular weight is 232 g/mol. The van der Waals surface area contributed by atoms with E-state index in [1.165, 1.54) is 25.7 Å². The normalized spacial score (nSPS) is 9.65. The van der Waals surface area contributed by atoms with Crippen molar-refractivity contribution in [2.24, 2.45) is 0 Å². The van der Waals surface area contributed by atoms with E-state index >= 15 is 0 Å². The van der Waals surface area contributed by atoms with E-state index < -0.39 is 0 Å². The van der Waals surface area contributed by atoms with E-state index in [0.717, 1.165) is 24.5 Å². The number of rotatable bonds is 8. The minimum absolute atomic E-state index is 0.773. The van der Waals surface area contributed by atoms with Gasteiger partial charge in [0.2, 0.25) is 0 Å². The number of hydrogen-bond acceptors (Lipinski definition) is 3. The van der Waals surface area contributed by atoms with Crippen molar-refractivity contribution in [3.05, 3.63) is 24.3 Å². The molecule has 1 aromatic carbocycles. The molecule has 0 unspecified atom stereocenters. The van der Waals surface area contributed by atoms with Crippen LogP contribution < -0.4 is 10.1 Å². The zero-order chi connectivity index (χ0) is 12.3. The summed E-state index contributed by atoms with van der Waals surface area (Å²) < 4.78 is 5.61. The topological polar surface area (TPSA) is 45.0 Å². The first-order valence-electron chi connectivity index (χ1n) is 6.24. The molecule has 17 heavy (non-hydrogen) atoms. The van der Waals surface area contributed by atoms with Crippen LogP contribution in [0.3, 0.4) is 0 Å². The van der Waals surface area contributed by atoms with Gasteiger partial charge in [0.15, 0.2) is 6.19 Å². The summed E-state index contributed by atoms with van der Waals surface area (Å²) in [5.41, 5.74) is 0.794. The fraction of sp³-hybridized carbons (Fsp3) is 0.500. The molecule has 1 N–H and O–H groups in total. The summed E-state index contributed by atoms with van der Waals surface area (Å²) in [7, 11) is 0. The molecule has 3 nitrogen and oxygen atoms in total. The Labute approximate surface area is 103 Å². The predicted octanol–water partition coefficient (Wildman–Crippen LogP) is 3.93. The molecule has 0 aliphatic carbocycles. The lowest BCUT2D eigenvalue weighted by Gasteiger charge is -2.06. The Balaban J connectivity index is 2.17. The Morgan fingerprint density at radius 1 is 1.12 bits per heavy atom. The molecule has 0 amide bonds. The lowest BCUT2D eigenvalue weighted by atomic mass is 10.2. The van der Waals surface area contributed by atoms with Gasteiger partial charge >= 0.3 is 0 Å². The third kappa shape index (κ3) is 5.82. The number of ether oxygens (including phenoxy) is 1. The lowest BCUT2D eigenvalue weighted by Crippen LogP contribution is -1.97. The molecule has 0 atom stereocenters. The van der Waals surface area contributed by atoms with Gasteiger partial charge in [-0.25, -0.2) is 0 Å². The van der Waals surface area contributed by atoms with Crippen LogP contribution in [-0.2, 0) is 0 Å². The fourth-order valence-electron chi connectivity index (χ4n) is 1.59. The van der Waals surface area contributed by atoms with Gasteiger partial charge in [-0.2, -0.15) is 5.26 Å². The van der Waals surface area contributed by atoms with Crippen molar-refractivity contribution in [3.8, 4) is 11.9 Å². The van der Waals surface area contributed by atoms with Crippen molar-refractivity contribution in [1.29, 1.82) is 5.26 Å². The van der Waals surface area contributed by atoms with E-state index in [-0.39, 0.29) is 0 Å². The van der Waals surface area contributed by atoms with Gasteiger partial charge in [-0.3, -0.25) is 5.32 Å². The first kappa shape index (κ1) is 13.4. The number of nitrogens with one attached hydrogen (secondary N) is 1. The minimum Gasteiger partial charge on any atom is -0.494 e. The summed E-state index contributed by atoms with van der Waals surface area (Å²) >= 11 is 0. The van der Waals surface area contributed by atoms with Crippen LogP contribution in [0.15, 0.2) is 24.3 Å². The molecule has 0 fully saturated rings. The van der Waals surface area contributed by atoms with E-state index in [9.17, 15) is 0 Å². The van der Waals surface area contributed by atoms with Crippen LogP contribution in [0.1, 0.15) is 39.0 Å². The van der Waals surface area contributed by atoms with E-state index in [2.05, 4.69) is 12.2 Å². The Morgan fingerprint density at radius 2 is 1.82 bits per heavy atom. The van der Waals surface area contributed by atoms with Crippen molar-refractivity contribution in [3.63, 3.8) is 0 Å². The molecule has 0 spiro atoms. The molecule has 1 aromatic rings. The maximum atomic E-state index is 8.44. The van der Waals surface area contributed by atoms with Crippen molar-refractivity contribution in [2.45, 2.75) is 39.0 Å². The summed E-state index contributed by atoms with van der Waals surface area (Å²) in [6.45, 7) is 2.99. The number of nitriles is 1. The highest BCUT2D eigenvalue weighted by atomic mass is 16.5. The van der Waals surface area contributed by atoms with Crippen molar-refractivity contribution >= 4 is 5.69 Å². The summed E-state index contributed by atoms with van der Waals surface area (Å²) in [4.78, 5) is 0. The summed E-state index contributed by atoms with van der Waals surface area (Å²) in [5, 5.41) is 11.0. The van der Waals surface area contributed by atoms with Gasteiger partial charge in [0, 0.05) is 5.69 Å². The summed E-state index contributed by atoms with van der Waals surface area (Å²) in [6.07, 6.45) is 8.11. The monoisotopic (exact) mass is 232 g/mol. The second kappa shape index (κ2) is 8.46. The number of unbranched alkanes of at least 4 members (excludes halogenated alkanes) is 4. The van der Waals surface area contributed by atoms with Crippen LogP contribution in [0.25, 0.3) is 0 Å². The molecular weight excluding hydrogens is 212 g/mol. The number of nitrogens with zero attached hydrogens (tertiary/aromatic N) is 1. The molecular formula is C14H20N2O. The van der Waals surface area contributed by atoms with E-state index in [1.807, 2.05) is 30.5 Å². The third-order valence-electron chi connectivity index (χ3n) is 2.57. The zero-order valence-corrected chi connectivity index (χ0v) is 10.4. The molecule has 0 bridgehead atoms. The highest BCUT2D eigenvalue weighted by Gasteiger charge is 1.95. The van der Waals surface area contributed by atoms with Crippen LogP contribution in [0.5, 0.6) is 5.75 Å². The molecule has 92 valence electrons. The van der Waals surface area contributed by atoms with Gasteiger partial charge in [-0.15, -0.1) is 0 Å². The molecule has 0 aliphatic rings. The van der Waals surface area contributed by atoms with Crippen molar-refractivity contribution in [2.75, 3.05) is 11.9 Å². The maximum Gasteiger partial charge on any atom is 0.181 e. The molecule has 1 rings (SSSR count). The quantitative estimate of drug-likeness (QED) is 0.419.